The van der Waals surface area contributed by atoms with Crippen molar-refractivity contribution < 1.29 is 4.79 Å². The highest BCUT2D eigenvalue weighted by atomic mass is 32.1. The molecule has 0 spiro atoms. The zero-order valence-electron chi connectivity index (χ0n) is 11.2. The number of hydrogen-bond donors (Lipinski definition) is 1. The Morgan fingerprint density at radius 2 is 1.80 bits per heavy atom. The van der Waals surface area contributed by atoms with Crippen molar-refractivity contribution in [3.05, 3.63) is 65.2 Å². The van der Waals surface area contributed by atoms with Crippen LogP contribution in [0.2, 0.25) is 0 Å². The number of carbonyl (C=O) groups excluding carboxylic acids is 1. The summed E-state index contributed by atoms with van der Waals surface area (Å²) in [4.78, 5) is 11.3. The SMILES string of the molecule is Cc1ccc(Cn2c(S)c(C=O)c3ccccc32)cc1. The quantitative estimate of drug-likeness (QED) is 0.566. The lowest BCUT2D eigenvalue weighted by Gasteiger charge is -2.08. The first-order chi connectivity index (χ1) is 9.70. The van der Waals surface area contributed by atoms with Crippen molar-refractivity contribution in [2.75, 3.05) is 0 Å². The van der Waals surface area contributed by atoms with Gasteiger partial charge in [-0.2, -0.15) is 0 Å². The Balaban J connectivity index is 2.13. The Kier molecular flexibility index (Phi) is 3.36. The number of carbonyl (C=O) groups is 1. The minimum absolute atomic E-state index is 0.663. The molecular weight excluding hydrogens is 266 g/mol. The second-order valence-corrected chi connectivity index (χ2v) is 5.37. The van der Waals surface area contributed by atoms with Crippen molar-refractivity contribution in [2.24, 2.45) is 0 Å². The van der Waals surface area contributed by atoms with Crippen molar-refractivity contribution in [2.45, 2.75) is 18.5 Å². The first-order valence-corrected chi connectivity index (χ1v) is 6.96. The molecule has 2 nitrogen and oxygen atoms in total. The summed E-state index contributed by atoms with van der Waals surface area (Å²) in [6.07, 6.45) is 0.885. The van der Waals surface area contributed by atoms with Gasteiger partial charge in [0.15, 0.2) is 6.29 Å². The Hall–Kier alpha value is -2.00. The van der Waals surface area contributed by atoms with E-state index < -0.39 is 0 Å². The van der Waals surface area contributed by atoms with Crippen molar-refractivity contribution in [1.82, 2.24) is 4.57 Å². The van der Waals surface area contributed by atoms with Crippen molar-refractivity contribution in [1.29, 1.82) is 0 Å². The van der Waals surface area contributed by atoms with E-state index in [-0.39, 0.29) is 0 Å². The number of aromatic nitrogens is 1. The Morgan fingerprint density at radius 3 is 2.50 bits per heavy atom. The van der Waals surface area contributed by atoms with E-state index >= 15 is 0 Å². The number of fused-ring (bicyclic) bond motifs is 1. The molecule has 100 valence electrons. The monoisotopic (exact) mass is 281 g/mol. The van der Waals surface area contributed by atoms with Gasteiger partial charge < -0.3 is 4.57 Å². The predicted molar refractivity (Wildman–Crippen MR) is 84.9 cm³/mol. The molecule has 3 heteroatoms. The molecule has 3 aromatic rings. The van der Waals surface area contributed by atoms with Crippen molar-refractivity contribution >= 4 is 29.8 Å². The molecule has 0 atom stereocenters. The fraction of sp³-hybridized carbons (Fsp3) is 0.118. The summed E-state index contributed by atoms with van der Waals surface area (Å²) in [5.74, 6) is 0. The first kappa shape index (κ1) is 13.0. The molecule has 1 heterocycles. The largest absolute Gasteiger partial charge is 0.331 e. The minimum Gasteiger partial charge on any atom is -0.331 e. The number of rotatable bonds is 3. The van der Waals surface area contributed by atoms with E-state index in [2.05, 4.69) is 48.4 Å². The summed E-state index contributed by atoms with van der Waals surface area (Å²) in [6.45, 7) is 2.79. The van der Waals surface area contributed by atoms with Gasteiger partial charge in [0.05, 0.1) is 10.6 Å². The standard InChI is InChI=1S/C17H15NOS/c1-12-6-8-13(9-7-12)10-18-16-5-3-2-4-14(16)15(11-19)17(18)20/h2-9,11,20H,10H2,1H3. The maximum Gasteiger partial charge on any atom is 0.153 e. The minimum atomic E-state index is 0.663. The van der Waals surface area contributed by atoms with Crippen LogP contribution in [0.25, 0.3) is 10.9 Å². The molecule has 0 aliphatic carbocycles. The Morgan fingerprint density at radius 1 is 1.10 bits per heavy atom. The zero-order chi connectivity index (χ0) is 14.1. The van der Waals surface area contributed by atoms with Crippen LogP contribution in [0.3, 0.4) is 0 Å². The normalized spacial score (nSPS) is 10.9. The van der Waals surface area contributed by atoms with Gasteiger partial charge in [0.25, 0.3) is 0 Å². The number of thiol groups is 1. The summed E-state index contributed by atoms with van der Waals surface area (Å²) in [6, 6.07) is 16.3. The van der Waals surface area contributed by atoms with E-state index in [1.807, 2.05) is 24.3 Å². The lowest BCUT2D eigenvalue weighted by atomic mass is 10.1. The zero-order valence-corrected chi connectivity index (χ0v) is 12.1. The van der Waals surface area contributed by atoms with E-state index in [1.54, 1.807) is 0 Å². The molecule has 20 heavy (non-hydrogen) atoms. The highest BCUT2D eigenvalue weighted by molar-refractivity contribution is 7.80. The average molecular weight is 281 g/mol. The second-order valence-electron chi connectivity index (χ2n) is 4.94. The molecule has 3 rings (SSSR count). The molecule has 0 aliphatic heterocycles. The maximum atomic E-state index is 11.3. The summed E-state index contributed by atoms with van der Waals surface area (Å²) >= 11 is 4.53. The molecule has 0 radical (unpaired) electrons. The summed E-state index contributed by atoms with van der Waals surface area (Å²) in [5.41, 5.74) is 4.14. The molecule has 0 saturated heterocycles. The van der Waals surface area contributed by atoms with E-state index in [0.29, 0.717) is 12.1 Å². The third kappa shape index (κ3) is 2.14. The Labute approximate surface area is 123 Å². The topological polar surface area (TPSA) is 22.0 Å². The van der Waals surface area contributed by atoms with Crippen LogP contribution in [0.5, 0.6) is 0 Å². The summed E-state index contributed by atoms with van der Waals surface area (Å²) in [5, 5.41) is 1.68. The van der Waals surface area contributed by atoms with Gasteiger partial charge in [-0.3, -0.25) is 4.79 Å². The lowest BCUT2D eigenvalue weighted by molar-refractivity contribution is 0.112. The molecule has 0 fully saturated rings. The third-order valence-corrected chi connectivity index (χ3v) is 4.04. The predicted octanol–water partition coefficient (Wildman–Crippen LogP) is 4.10. The average Bonchev–Trinajstić information content (AvgIpc) is 2.74. The van der Waals surface area contributed by atoms with Crippen LogP contribution in [0.15, 0.2) is 53.6 Å². The van der Waals surface area contributed by atoms with Crippen LogP contribution >= 0.6 is 12.6 Å². The molecule has 2 aromatic carbocycles. The van der Waals surface area contributed by atoms with Crippen molar-refractivity contribution in [3.8, 4) is 0 Å². The highest BCUT2D eigenvalue weighted by Crippen LogP contribution is 2.28. The van der Waals surface area contributed by atoms with E-state index in [4.69, 9.17) is 0 Å². The van der Waals surface area contributed by atoms with Gasteiger partial charge in [0.1, 0.15) is 0 Å². The van der Waals surface area contributed by atoms with Crippen LogP contribution < -0.4 is 0 Å². The van der Waals surface area contributed by atoms with Crippen LogP contribution in [0.1, 0.15) is 21.5 Å². The van der Waals surface area contributed by atoms with Gasteiger partial charge in [0.2, 0.25) is 0 Å². The summed E-state index contributed by atoms with van der Waals surface area (Å²) < 4.78 is 2.08. The number of aldehydes is 1. The van der Waals surface area contributed by atoms with Gasteiger partial charge in [-0.1, -0.05) is 48.0 Å². The van der Waals surface area contributed by atoms with Crippen molar-refractivity contribution in [3.63, 3.8) is 0 Å². The van der Waals surface area contributed by atoms with E-state index in [0.717, 1.165) is 22.2 Å². The smallest absolute Gasteiger partial charge is 0.153 e. The molecule has 0 unspecified atom stereocenters. The van der Waals surface area contributed by atoms with Crippen LogP contribution in [0.4, 0.5) is 0 Å². The van der Waals surface area contributed by atoms with Gasteiger partial charge in [-0.05, 0) is 18.6 Å². The van der Waals surface area contributed by atoms with E-state index in [9.17, 15) is 4.79 Å². The lowest BCUT2D eigenvalue weighted by Crippen LogP contribution is -2.00. The summed E-state index contributed by atoms with van der Waals surface area (Å²) in [7, 11) is 0. The maximum absolute atomic E-state index is 11.3. The fourth-order valence-electron chi connectivity index (χ4n) is 2.47. The van der Waals surface area contributed by atoms with Gasteiger partial charge >= 0.3 is 0 Å². The third-order valence-electron chi connectivity index (χ3n) is 3.56. The van der Waals surface area contributed by atoms with Gasteiger partial charge in [0, 0.05) is 17.4 Å². The molecule has 0 saturated carbocycles. The number of aryl methyl sites for hydroxylation is 1. The Bertz CT molecular complexity index is 772. The molecule has 0 bridgehead atoms. The molecule has 0 N–H and O–H groups in total. The molecule has 1 aromatic heterocycles. The molecule has 0 amide bonds. The van der Waals surface area contributed by atoms with E-state index in [1.165, 1.54) is 11.1 Å². The number of nitrogens with zero attached hydrogens (tertiary/aromatic N) is 1. The number of benzene rings is 2. The second kappa shape index (κ2) is 5.17. The van der Waals surface area contributed by atoms with Crippen LogP contribution in [-0.2, 0) is 6.54 Å². The number of para-hydroxylation sites is 1. The highest BCUT2D eigenvalue weighted by Gasteiger charge is 2.13. The fourth-order valence-corrected chi connectivity index (χ4v) is 2.82. The number of hydrogen-bond acceptors (Lipinski definition) is 2. The van der Waals surface area contributed by atoms with Crippen LogP contribution in [0, 0.1) is 6.92 Å². The van der Waals surface area contributed by atoms with Gasteiger partial charge in [-0.15, -0.1) is 12.6 Å². The van der Waals surface area contributed by atoms with Gasteiger partial charge in [-0.25, -0.2) is 0 Å². The molecule has 0 aliphatic rings. The van der Waals surface area contributed by atoms with Crippen LogP contribution in [-0.4, -0.2) is 10.9 Å². The first-order valence-electron chi connectivity index (χ1n) is 6.51. The molecular formula is C17H15NOS.